The summed E-state index contributed by atoms with van der Waals surface area (Å²) in [5.74, 6) is 1.42. The molecule has 0 unspecified atom stereocenters. The highest BCUT2D eigenvalue weighted by atomic mass is 16.6. The van der Waals surface area contributed by atoms with Crippen LogP contribution in [0.5, 0.6) is 17.2 Å². The van der Waals surface area contributed by atoms with Gasteiger partial charge in [-0.05, 0) is 24.3 Å². The topological polar surface area (TPSA) is 56.8 Å². The summed E-state index contributed by atoms with van der Waals surface area (Å²) in [6, 6.07) is 12.5. The van der Waals surface area contributed by atoms with Crippen LogP contribution in [0.1, 0.15) is 10.4 Å². The third-order valence-electron chi connectivity index (χ3n) is 3.17. The average Bonchev–Trinajstić information content (AvgIpc) is 2.54. The number of amides is 1. The second-order valence-electron chi connectivity index (χ2n) is 4.48. The molecule has 2 aromatic rings. The van der Waals surface area contributed by atoms with E-state index in [9.17, 15) is 4.79 Å². The third-order valence-corrected chi connectivity index (χ3v) is 3.17. The van der Waals surface area contributed by atoms with E-state index in [1.54, 1.807) is 37.4 Å². The minimum absolute atomic E-state index is 0.262. The summed E-state index contributed by atoms with van der Waals surface area (Å²) in [6.07, 6.45) is 0. The SMILES string of the molecule is COc1ccccc1NC(=O)c1cccc2c1OCCO2. The summed E-state index contributed by atoms with van der Waals surface area (Å²) in [4.78, 5) is 12.5. The van der Waals surface area contributed by atoms with Gasteiger partial charge in [-0.1, -0.05) is 18.2 Å². The van der Waals surface area contributed by atoms with Gasteiger partial charge in [-0.25, -0.2) is 0 Å². The highest BCUT2D eigenvalue weighted by Gasteiger charge is 2.20. The van der Waals surface area contributed by atoms with E-state index in [1.165, 1.54) is 0 Å². The molecule has 0 spiro atoms. The van der Waals surface area contributed by atoms with Crippen LogP contribution in [-0.2, 0) is 0 Å². The molecule has 0 bridgehead atoms. The standard InChI is InChI=1S/C16H15NO4/c1-19-13-7-3-2-6-12(13)17-16(18)11-5-4-8-14-15(11)21-10-9-20-14/h2-8H,9-10H2,1H3,(H,17,18). The lowest BCUT2D eigenvalue weighted by Crippen LogP contribution is -2.20. The molecule has 1 heterocycles. The van der Waals surface area contributed by atoms with Gasteiger partial charge in [-0.2, -0.15) is 0 Å². The van der Waals surface area contributed by atoms with Gasteiger partial charge >= 0.3 is 0 Å². The first-order chi connectivity index (χ1) is 10.3. The van der Waals surface area contributed by atoms with E-state index in [1.807, 2.05) is 12.1 Å². The van der Waals surface area contributed by atoms with Crippen LogP contribution >= 0.6 is 0 Å². The number of anilines is 1. The number of fused-ring (bicyclic) bond motifs is 1. The summed E-state index contributed by atoms with van der Waals surface area (Å²) < 4.78 is 16.3. The van der Waals surface area contributed by atoms with Crippen molar-refractivity contribution in [2.45, 2.75) is 0 Å². The van der Waals surface area contributed by atoms with Crippen LogP contribution in [0.15, 0.2) is 42.5 Å². The van der Waals surface area contributed by atoms with Gasteiger partial charge in [-0.3, -0.25) is 4.79 Å². The van der Waals surface area contributed by atoms with Gasteiger partial charge < -0.3 is 19.5 Å². The van der Waals surface area contributed by atoms with Crippen molar-refractivity contribution < 1.29 is 19.0 Å². The van der Waals surface area contributed by atoms with E-state index < -0.39 is 0 Å². The first kappa shape index (κ1) is 13.3. The lowest BCUT2D eigenvalue weighted by atomic mass is 10.1. The molecule has 5 nitrogen and oxygen atoms in total. The van der Waals surface area contributed by atoms with Crippen molar-refractivity contribution >= 4 is 11.6 Å². The molecule has 0 saturated heterocycles. The highest BCUT2D eigenvalue weighted by molar-refractivity contribution is 6.07. The highest BCUT2D eigenvalue weighted by Crippen LogP contribution is 2.34. The summed E-state index contributed by atoms with van der Waals surface area (Å²) in [6.45, 7) is 0.927. The second kappa shape index (κ2) is 5.75. The molecular formula is C16H15NO4. The number of rotatable bonds is 3. The molecule has 0 aromatic heterocycles. The van der Waals surface area contributed by atoms with Crippen molar-refractivity contribution in [2.75, 3.05) is 25.6 Å². The van der Waals surface area contributed by atoms with Crippen molar-refractivity contribution in [3.63, 3.8) is 0 Å². The van der Waals surface area contributed by atoms with Crippen molar-refractivity contribution in [3.05, 3.63) is 48.0 Å². The first-order valence-electron chi connectivity index (χ1n) is 6.62. The Kier molecular flexibility index (Phi) is 3.64. The van der Waals surface area contributed by atoms with Crippen LogP contribution < -0.4 is 19.5 Å². The molecule has 1 N–H and O–H groups in total. The van der Waals surface area contributed by atoms with Gasteiger partial charge in [0.2, 0.25) is 0 Å². The Morgan fingerprint density at radius 2 is 1.90 bits per heavy atom. The molecule has 0 saturated carbocycles. The summed E-state index contributed by atoms with van der Waals surface area (Å²) in [5.41, 5.74) is 1.05. The largest absolute Gasteiger partial charge is 0.495 e. The van der Waals surface area contributed by atoms with Gasteiger partial charge in [0.05, 0.1) is 18.4 Å². The monoisotopic (exact) mass is 285 g/mol. The number of hydrogen-bond donors (Lipinski definition) is 1. The summed E-state index contributed by atoms with van der Waals surface area (Å²) >= 11 is 0. The van der Waals surface area contributed by atoms with Crippen LogP contribution in [0, 0.1) is 0 Å². The number of carbonyl (C=O) groups is 1. The molecule has 21 heavy (non-hydrogen) atoms. The Morgan fingerprint density at radius 1 is 1.10 bits per heavy atom. The fraction of sp³-hybridized carbons (Fsp3) is 0.188. The zero-order valence-electron chi connectivity index (χ0n) is 11.6. The lowest BCUT2D eigenvalue weighted by Gasteiger charge is -2.20. The average molecular weight is 285 g/mol. The summed E-state index contributed by atoms with van der Waals surface area (Å²) in [7, 11) is 1.56. The fourth-order valence-corrected chi connectivity index (χ4v) is 2.19. The Hall–Kier alpha value is -2.69. The van der Waals surface area contributed by atoms with E-state index in [2.05, 4.69) is 5.32 Å². The normalized spacial score (nSPS) is 12.6. The molecule has 0 fully saturated rings. The molecule has 2 aromatic carbocycles. The Balaban J connectivity index is 1.89. The van der Waals surface area contributed by atoms with Gasteiger partial charge in [-0.15, -0.1) is 0 Å². The number of methoxy groups -OCH3 is 1. The molecule has 108 valence electrons. The fourth-order valence-electron chi connectivity index (χ4n) is 2.19. The predicted molar refractivity (Wildman–Crippen MR) is 78.4 cm³/mol. The van der Waals surface area contributed by atoms with Crippen molar-refractivity contribution in [1.82, 2.24) is 0 Å². The van der Waals surface area contributed by atoms with Crippen molar-refractivity contribution in [1.29, 1.82) is 0 Å². The smallest absolute Gasteiger partial charge is 0.259 e. The Bertz CT molecular complexity index is 669. The van der Waals surface area contributed by atoms with Crippen LogP contribution in [0.4, 0.5) is 5.69 Å². The number of nitrogens with one attached hydrogen (secondary N) is 1. The second-order valence-corrected chi connectivity index (χ2v) is 4.48. The van der Waals surface area contributed by atoms with Crippen LogP contribution in [-0.4, -0.2) is 26.2 Å². The van der Waals surface area contributed by atoms with Crippen molar-refractivity contribution in [3.8, 4) is 17.2 Å². The number of hydrogen-bond acceptors (Lipinski definition) is 4. The van der Waals surface area contributed by atoms with Crippen molar-refractivity contribution in [2.24, 2.45) is 0 Å². The quantitative estimate of drug-likeness (QED) is 0.942. The van der Waals surface area contributed by atoms with E-state index >= 15 is 0 Å². The molecule has 3 rings (SSSR count). The molecule has 1 amide bonds. The Labute approximate surface area is 122 Å². The van der Waals surface area contributed by atoms with E-state index in [0.717, 1.165) is 0 Å². The maximum atomic E-state index is 12.5. The number of ether oxygens (including phenoxy) is 3. The molecular weight excluding hydrogens is 270 g/mol. The number of para-hydroxylation sites is 3. The Morgan fingerprint density at radius 3 is 2.76 bits per heavy atom. The molecule has 0 aliphatic carbocycles. The molecule has 0 radical (unpaired) electrons. The predicted octanol–water partition coefficient (Wildman–Crippen LogP) is 2.72. The maximum Gasteiger partial charge on any atom is 0.259 e. The molecule has 5 heteroatoms. The van der Waals surface area contributed by atoms with Gasteiger partial charge in [0.15, 0.2) is 11.5 Å². The molecule has 1 aliphatic rings. The maximum absolute atomic E-state index is 12.5. The van der Waals surface area contributed by atoms with Gasteiger partial charge in [0.25, 0.3) is 5.91 Å². The van der Waals surface area contributed by atoms with E-state index in [0.29, 0.717) is 41.7 Å². The van der Waals surface area contributed by atoms with Crippen LogP contribution in [0.2, 0.25) is 0 Å². The van der Waals surface area contributed by atoms with E-state index in [4.69, 9.17) is 14.2 Å². The van der Waals surface area contributed by atoms with E-state index in [-0.39, 0.29) is 5.91 Å². The third kappa shape index (κ3) is 2.63. The molecule has 1 aliphatic heterocycles. The van der Waals surface area contributed by atoms with Crippen LogP contribution in [0.3, 0.4) is 0 Å². The minimum atomic E-state index is -0.262. The van der Waals surface area contributed by atoms with Gasteiger partial charge in [0, 0.05) is 0 Å². The first-order valence-corrected chi connectivity index (χ1v) is 6.62. The zero-order valence-corrected chi connectivity index (χ0v) is 11.6. The van der Waals surface area contributed by atoms with Gasteiger partial charge in [0.1, 0.15) is 19.0 Å². The van der Waals surface area contributed by atoms with Crippen LogP contribution in [0.25, 0.3) is 0 Å². The summed E-state index contributed by atoms with van der Waals surface area (Å²) in [5, 5.41) is 2.83. The number of benzene rings is 2. The molecule has 0 atom stereocenters. The minimum Gasteiger partial charge on any atom is -0.495 e. The lowest BCUT2D eigenvalue weighted by molar-refractivity contribution is 0.101. The number of carbonyl (C=O) groups excluding carboxylic acids is 1. The zero-order chi connectivity index (χ0) is 14.7.